The van der Waals surface area contributed by atoms with Crippen LogP contribution in [0.25, 0.3) is 0 Å². The highest BCUT2D eigenvalue weighted by atomic mass is 32.2. The average molecular weight is 329 g/mol. The maximum absolute atomic E-state index is 12.1. The highest BCUT2D eigenvalue weighted by molar-refractivity contribution is 8.00. The molecule has 0 aromatic heterocycles. The fourth-order valence-corrected chi connectivity index (χ4v) is 3.09. The number of nitrogens with one attached hydrogen (secondary N) is 1. The highest BCUT2D eigenvalue weighted by Gasteiger charge is 2.15. The van der Waals surface area contributed by atoms with Crippen LogP contribution < -0.4 is 14.8 Å². The van der Waals surface area contributed by atoms with E-state index in [0.717, 1.165) is 22.0 Å². The Morgan fingerprint density at radius 2 is 1.87 bits per heavy atom. The van der Waals surface area contributed by atoms with Crippen LogP contribution in [0.1, 0.15) is 18.5 Å². The van der Waals surface area contributed by atoms with Crippen molar-refractivity contribution in [2.24, 2.45) is 0 Å². The van der Waals surface area contributed by atoms with Crippen molar-refractivity contribution in [2.75, 3.05) is 19.0 Å². The molecule has 5 heteroatoms. The van der Waals surface area contributed by atoms with Gasteiger partial charge in [-0.25, -0.2) is 0 Å². The number of ether oxygens (including phenoxy) is 2. The molecule has 120 valence electrons. The summed E-state index contributed by atoms with van der Waals surface area (Å²) in [6.07, 6.45) is 0. The fourth-order valence-electron chi connectivity index (χ4n) is 2.36. The maximum atomic E-state index is 12.1. The second kappa shape index (κ2) is 7.42. The van der Waals surface area contributed by atoms with Gasteiger partial charge in [-0.05, 0) is 36.8 Å². The number of carbonyl (C=O) groups is 1. The van der Waals surface area contributed by atoms with Crippen LogP contribution in [0, 0.1) is 0 Å². The Morgan fingerprint density at radius 1 is 1.13 bits per heavy atom. The van der Waals surface area contributed by atoms with Gasteiger partial charge in [0.15, 0.2) is 11.5 Å². The monoisotopic (exact) mass is 329 g/mol. The summed E-state index contributed by atoms with van der Waals surface area (Å²) in [4.78, 5) is 13.2. The quantitative estimate of drug-likeness (QED) is 0.854. The lowest BCUT2D eigenvalue weighted by molar-refractivity contribution is -0.119. The van der Waals surface area contributed by atoms with Crippen LogP contribution in [-0.4, -0.2) is 24.9 Å². The minimum absolute atomic E-state index is 0.0150. The predicted molar refractivity (Wildman–Crippen MR) is 91.2 cm³/mol. The van der Waals surface area contributed by atoms with E-state index in [1.54, 1.807) is 0 Å². The molecule has 1 aliphatic heterocycles. The number of benzene rings is 2. The van der Waals surface area contributed by atoms with E-state index >= 15 is 0 Å². The van der Waals surface area contributed by atoms with Crippen molar-refractivity contribution < 1.29 is 14.3 Å². The topological polar surface area (TPSA) is 47.6 Å². The van der Waals surface area contributed by atoms with Gasteiger partial charge in [0.05, 0.1) is 11.8 Å². The molecule has 0 saturated carbocycles. The van der Waals surface area contributed by atoms with Crippen LogP contribution in [-0.2, 0) is 4.79 Å². The molecular weight excluding hydrogens is 310 g/mol. The van der Waals surface area contributed by atoms with E-state index in [1.165, 1.54) is 11.8 Å². The first kappa shape index (κ1) is 15.7. The largest absolute Gasteiger partial charge is 0.486 e. The van der Waals surface area contributed by atoms with Gasteiger partial charge in [-0.3, -0.25) is 4.79 Å². The van der Waals surface area contributed by atoms with Crippen molar-refractivity contribution in [1.29, 1.82) is 0 Å². The predicted octanol–water partition coefficient (Wildman–Crippen LogP) is 3.43. The Kier molecular flexibility index (Phi) is 5.08. The smallest absolute Gasteiger partial charge is 0.230 e. The Balaban J connectivity index is 1.56. The van der Waals surface area contributed by atoms with E-state index in [2.05, 4.69) is 5.32 Å². The standard InChI is InChI=1S/C18H19NO3S/c1-13(14-7-8-16-17(11-14)22-10-9-21-16)19-18(20)12-23-15-5-3-2-4-6-15/h2-8,11,13H,9-10,12H2,1H3,(H,19,20)/t13-/m0/s1. The molecule has 23 heavy (non-hydrogen) atoms. The van der Waals surface area contributed by atoms with Gasteiger partial charge in [-0.1, -0.05) is 24.3 Å². The normalized spacial score (nSPS) is 14.1. The first-order valence-corrected chi connectivity index (χ1v) is 8.58. The number of fused-ring (bicyclic) bond motifs is 1. The molecule has 0 radical (unpaired) electrons. The van der Waals surface area contributed by atoms with Gasteiger partial charge in [-0.2, -0.15) is 0 Å². The molecule has 0 unspecified atom stereocenters. The lowest BCUT2D eigenvalue weighted by Crippen LogP contribution is -2.28. The van der Waals surface area contributed by atoms with E-state index in [0.29, 0.717) is 19.0 Å². The Bertz CT molecular complexity index is 675. The molecule has 2 aromatic carbocycles. The average Bonchev–Trinajstić information content (AvgIpc) is 2.60. The molecule has 0 bridgehead atoms. The van der Waals surface area contributed by atoms with Crippen LogP contribution in [0.15, 0.2) is 53.4 Å². The van der Waals surface area contributed by atoms with Crippen molar-refractivity contribution >= 4 is 17.7 Å². The van der Waals surface area contributed by atoms with E-state index in [1.807, 2.05) is 55.5 Å². The zero-order chi connectivity index (χ0) is 16.1. The Hall–Kier alpha value is -2.14. The van der Waals surface area contributed by atoms with Crippen LogP contribution in [0.5, 0.6) is 11.5 Å². The van der Waals surface area contributed by atoms with Crippen LogP contribution in [0.3, 0.4) is 0 Å². The highest BCUT2D eigenvalue weighted by Crippen LogP contribution is 2.32. The summed E-state index contributed by atoms with van der Waals surface area (Å²) < 4.78 is 11.1. The number of amides is 1. The number of hydrogen-bond acceptors (Lipinski definition) is 4. The Labute approximate surface area is 140 Å². The molecule has 0 aliphatic carbocycles. The van der Waals surface area contributed by atoms with Crippen LogP contribution in [0.2, 0.25) is 0 Å². The summed E-state index contributed by atoms with van der Waals surface area (Å²) in [5.41, 5.74) is 1.01. The van der Waals surface area contributed by atoms with E-state index in [-0.39, 0.29) is 11.9 Å². The SMILES string of the molecule is C[C@H](NC(=O)CSc1ccccc1)c1ccc2c(c1)OCCO2. The third-order valence-corrected chi connectivity index (χ3v) is 4.57. The summed E-state index contributed by atoms with van der Waals surface area (Å²) in [6, 6.07) is 15.6. The maximum Gasteiger partial charge on any atom is 0.230 e. The summed E-state index contributed by atoms with van der Waals surface area (Å²) in [6.45, 7) is 3.11. The molecule has 1 N–H and O–H groups in total. The van der Waals surface area contributed by atoms with Crippen molar-refractivity contribution in [2.45, 2.75) is 17.9 Å². The third kappa shape index (κ3) is 4.20. The zero-order valence-electron chi connectivity index (χ0n) is 13.0. The van der Waals surface area contributed by atoms with Gasteiger partial charge in [0, 0.05) is 4.90 Å². The molecule has 4 nitrogen and oxygen atoms in total. The van der Waals surface area contributed by atoms with Crippen molar-refractivity contribution in [3.8, 4) is 11.5 Å². The fraction of sp³-hybridized carbons (Fsp3) is 0.278. The number of hydrogen-bond donors (Lipinski definition) is 1. The van der Waals surface area contributed by atoms with Gasteiger partial charge in [0.25, 0.3) is 0 Å². The van der Waals surface area contributed by atoms with Gasteiger partial charge in [0.1, 0.15) is 13.2 Å². The first-order chi connectivity index (χ1) is 11.2. The van der Waals surface area contributed by atoms with Crippen LogP contribution >= 0.6 is 11.8 Å². The number of carbonyl (C=O) groups excluding carboxylic acids is 1. The van der Waals surface area contributed by atoms with Gasteiger partial charge >= 0.3 is 0 Å². The molecule has 1 aliphatic rings. The summed E-state index contributed by atoms with van der Waals surface area (Å²) in [5.74, 6) is 1.92. The molecule has 1 atom stereocenters. The summed E-state index contributed by atoms with van der Waals surface area (Å²) in [5, 5.41) is 3.02. The lowest BCUT2D eigenvalue weighted by Gasteiger charge is -2.21. The molecule has 1 heterocycles. The molecule has 0 spiro atoms. The van der Waals surface area contributed by atoms with Crippen molar-refractivity contribution in [3.05, 3.63) is 54.1 Å². The van der Waals surface area contributed by atoms with Gasteiger partial charge in [-0.15, -0.1) is 11.8 Å². The van der Waals surface area contributed by atoms with Gasteiger partial charge < -0.3 is 14.8 Å². The van der Waals surface area contributed by atoms with Crippen molar-refractivity contribution in [1.82, 2.24) is 5.32 Å². The molecule has 2 aromatic rings. The third-order valence-electron chi connectivity index (χ3n) is 3.56. The zero-order valence-corrected chi connectivity index (χ0v) is 13.8. The summed E-state index contributed by atoms with van der Waals surface area (Å²) >= 11 is 1.53. The first-order valence-electron chi connectivity index (χ1n) is 7.59. The second-order valence-electron chi connectivity index (χ2n) is 5.29. The van der Waals surface area contributed by atoms with E-state index in [9.17, 15) is 4.79 Å². The van der Waals surface area contributed by atoms with Crippen molar-refractivity contribution in [3.63, 3.8) is 0 Å². The van der Waals surface area contributed by atoms with E-state index < -0.39 is 0 Å². The Morgan fingerprint density at radius 3 is 2.65 bits per heavy atom. The molecule has 1 amide bonds. The van der Waals surface area contributed by atoms with E-state index in [4.69, 9.17) is 9.47 Å². The molecule has 0 fully saturated rings. The molecular formula is C18H19NO3S. The lowest BCUT2D eigenvalue weighted by atomic mass is 10.1. The number of thioether (sulfide) groups is 1. The number of rotatable bonds is 5. The molecule has 3 rings (SSSR count). The summed E-state index contributed by atoms with van der Waals surface area (Å²) in [7, 11) is 0. The second-order valence-corrected chi connectivity index (χ2v) is 6.34. The minimum Gasteiger partial charge on any atom is -0.486 e. The van der Waals surface area contributed by atoms with Crippen LogP contribution in [0.4, 0.5) is 0 Å². The molecule has 0 saturated heterocycles. The van der Waals surface area contributed by atoms with Gasteiger partial charge in [0.2, 0.25) is 5.91 Å². The minimum atomic E-state index is -0.0744.